The molecular formula is C12H16N4O. The lowest BCUT2D eigenvalue weighted by atomic mass is 10.2. The molecule has 0 radical (unpaired) electrons. The number of amides is 2. The van der Waals surface area contributed by atoms with Crippen LogP contribution in [0.3, 0.4) is 0 Å². The molecule has 2 amide bonds. The molecule has 1 aliphatic heterocycles. The van der Waals surface area contributed by atoms with E-state index in [4.69, 9.17) is 0 Å². The van der Waals surface area contributed by atoms with Gasteiger partial charge in [0.15, 0.2) is 0 Å². The molecule has 90 valence electrons. The van der Waals surface area contributed by atoms with Crippen LogP contribution in [-0.4, -0.2) is 44.0 Å². The minimum Gasteiger partial charge on any atom is -0.368 e. The summed E-state index contributed by atoms with van der Waals surface area (Å²) < 4.78 is 0. The monoisotopic (exact) mass is 232 g/mol. The van der Waals surface area contributed by atoms with Crippen molar-refractivity contribution in [2.24, 2.45) is 4.99 Å². The molecule has 0 spiro atoms. The Balaban J connectivity index is 2.14. The van der Waals surface area contributed by atoms with Crippen molar-refractivity contribution in [3.05, 3.63) is 29.8 Å². The van der Waals surface area contributed by atoms with Gasteiger partial charge in [-0.15, -0.1) is 0 Å². The van der Waals surface area contributed by atoms with Crippen LogP contribution in [0.15, 0.2) is 29.3 Å². The van der Waals surface area contributed by atoms with E-state index in [9.17, 15) is 4.79 Å². The summed E-state index contributed by atoms with van der Waals surface area (Å²) >= 11 is 0. The Morgan fingerprint density at radius 3 is 2.94 bits per heavy atom. The van der Waals surface area contributed by atoms with Crippen LogP contribution in [0.5, 0.6) is 0 Å². The van der Waals surface area contributed by atoms with Crippen molar-refractivity contribution >= 4 is 17.6 Å². The number of carbonyl (C=O) groups is 1. The SMILES string of the molecule is CN(C)C(=O)Nc1cccc(C2=NCCN2)c1. The predicted octanol–water partition coefficient (Wildman–Crippen LogP) is 1.13. The third-order valence-electron chi connectivity index (χ3n) is 2.47. The Morgan fingerprint density at radius 2 is 2.29 bits per heavy atom. The maximum Gasteiger partial charge on any atom is 0.321 e. The molecule has 0 bridgehead atoms. The first-order valence-electron chi connectivity index (χ1n) is 5.54. The van der Waals surface area contributed by atoms with Crippen molar-refractivity contribution in [2.45, 2.75) is 0 Å². The van der Waals surface area contributed by atoms with Crippen LogP contribution in [0.1, 0.15) is 5.56 Å². The molecule has 1 aliphatic rings. The van der Waals surface area contributed by atoms with Crippen LogP contribution >= 0.6 is 0 Å². The van der Waals surface area contributed by atoms with E-state index in [1.807, 2.05) is 24.3 Å². The van der Waals surface area contributed by atoms with E-state index in [0.717, 1.165) is 30.2 Å². The molecule has 0 fully saturated rings. The van der Waals surface area contributed by atoms with Gasteiger partial charge in [0, 0.05) is 31.9 Å². The summed E-state index contributed by atoms with van der Waals surface area (Å²) in [6.07, 6.45) is 0. The maximum atomic E-state index is 11.5. The normalized spacial score (nSPS) is 13.9. The van der Waals surface area contributed by atoms with Gasteiger partial charge in [0.2, 0.25) is 0 Å². The number of nitrogens with zero attached hydrogens (tertiary/aromatic N) is 2. The van der Waals surface area contributed by atoms with E-state index in [1.54, 1.807) is 14.1 Å². The van der Waals surface area contributed by atoms with Gasteiger partial charge in [-0.05, 0) is 12.1 Å². The molecule has 1 aromatic carbocycles. The molecule has 1 heterocycles. The van der Waals surface area contributed by atoms with Crippen molar-refractivity contribution in [3.63, 3.8) is 0 Å². The molecule has 5 nitrogen and oxygen atoms in total. The van der Waals surface area contributed by atoms with Crippen molar-refractivity contribution < 1.29 is 4.79 Å². The second-order valence-electron chi connectivity index (χ2n) is 4.06. The zero-order valence-corrected chi connectivity index (χ0v) is 10.0. The fourth-order valence-electron chi connectivity index (χ4n) is 1.57. The highest BCUT2D eigenvalue weighted by molar-refractivity contribution is 6.01. The van der Waals surface area contributed by atoms with E-state index in [-0.39, 0.29) is 6.03 Å². The molecule has 5 heteroatoms. The minimum atomic E-state index is -0.136. The van der Waals surface area contributed by atoms with Crippen LogP contribution in [0.25, 0.3) is 0 Å². The van der Waals surface area contributed by atoms with Crippen LogP contribution < -0.4 is 10.6 Å². The number of aliphatic imine (C=N–C) groups is 1. The fourth-order valence-corrected chi connectivity index (χ4v) is 1.57. The van der Waals surface area contributed by atoms with Gasteiger partial charge < -0.3 is 15.5 Å². The number of carbonyl (C=O) groups excluding carboxylic acids is 1. The van der Waals surface area contributed by atoms with Gasteiger partial charge in [-0.25, -0.2) is 4.79 Å². The fraction of sp³-hybridized carbons (Fsp3) is 0.333. The Kier molecular flexibility index (Phi) is 3.27. The van der Waals surface area contributed by atoms with Crippen LogP contribution in [0.2, 0.25) is 0 Å². The van der Waals surface area contributed by atoms with Gasteiger partial charge >= 0.3 is 6.03 Å². The molecule has 1 aromatic rings. The van der Waals surface area contributed by atoms with E-state index in [1.165, 1.54) is 4.90 Å². The molecule has 17 heavy (non-hydrogen) atoms. The first-order chi connectivity index (χ1) is 8.16. The second-order valence-corrected chi connectivity index (χ2v) is 4.06. The Morgan fingerprint density at radius 1 is 1.47 bits per heavy atom. The first-order valence-corrected chi connectivity index (χ1v) is 5.54. The predicted molar refractivity (Wildman–Crippen MR) is 68.6 cm³/mol. The zero-order chi connectivity index (χ0) is 12.3. The lowest BCUT2D eigenvalue weighted by Gasteiger charge is -2.12. The zero-order valence-electron chi connectivity index (χ0n) is 10.0. The number of rotatable bonds is 2. The highest BCUT2D eigenvalue weighted by Crippen LogP contribution is 2.12. The third kappa shape index (κ3) is 2.75. The van der Waals surface area contributed by atoms with Crippen LogP contribution in [0.4, 0.5) is 10.5 Å². The Hall–Kier alpha value is -2.04. The topological polar surface area (TPSA) is 56.7 Å². The lowest BCUT2D eigenvalue weighted by molar-refractivity contribution is 0.230. The summed E-state index contributed by atoms with van der Waals surface area (Å²) in [5, 5.41) is 6.01. The Bertz CT molecular complexity index is 454. The van der Waals surface area contributed by atoms with Crippen molar-refractivity contribution in [3.8, 4) is 0 Å². The van der Waals surface area contributed by atoms with Crippen LogP contribution in [-0.2, 0) is 0 Å². The lowest BCUT2D eigenvalue weighted by Crippen LogP contribution is -2.27. The summed E-state index contributed by atoms with van der Waals surface area (Å²) in [5.41, 5.74) is 1.77. The van der Waals surface area contributed by atoms with E-state index in [2.05, 4.69) is 15.6 Å². The van der Waals surface area contributed by atoms with Gasteiger partial charge in [0.25, 0.3) is 0 Å². The average Bonchev–Trinajstić information content (AvgIpc) is 2.82. The van der Waals surface area contributed by atoms with Gasteiger partial charge in [-0.1, -0.05) is 12.1 Å². The smallest absolute Gasteiger partial charge is 0.321 e. The summed E-state index contributed by atoms with van der Waals surface area (Å²) in [6.45, 7) is 1.69. The van der Waals surface area contributed by atoms with Crippen molar-refractivity contribution in [1.29, 1.82) is 0 Å². The number of hydrogen-bond acceptors (Lipinski definition) is 3. The summed E-state index contributed by atoms with van der Waals surface area (Å²) in [4.78, 5) is 17.4. The number of amidine groups is 1. The maximum absolute atomic E-state index is 11.5. The van der Waals surface area contributed by atoms with Gasteiger partial charge in [0.05, 0.1) is 6.54 Å². The largest absolute Gasteiger partial charge is 0.368 e. The van der Waals surface area contributed by atoms with Gasteiger partial charge in [-0.3, -0.25) is 4.99 Å². The van der Waals surface area contributed by atoms with Crippen molar-refractivity contribution in [2.75, 3.05) is 32.5 Å². The molecule has 0 saturated carbocycles. The standard InChI is InChI=1S/C12H16N4O/c1-16(2)12(17)15-10-5-3-4-9(8-10)11-13-6-7-14-11/h3-5,8H,6-7H2,1-2H3,(H,13,14)(H,15,17). The molecule has 0 saturated heterocycles. The number of anilines is 1. The number of nitrogens with one attached hydrogen (secondary N) is 2. The van der Waals surface area contributed by atoms with E-state index in [0.29, 0.717) is 0 Å². The van der Waals surface area contributed by atoms with Crippen LogP contribution in [0, 0.1) is 0 Å². The number of benzene rings is 1. The summed E-state index contributed by atoms with van der Waals surface area (Å²) in [5.74, 6) is 0.894. The highest BCUT2D eigenvalue weighted by atomic mass is 16.2. The van der Waals surface area contributed by atoms with Crippen molar-refractivity contribution in [1.82, 2.24) is 10.2 Å². The number of urea groups is 1. The molecule has 0 unspecified atom stereocenters. The number of hydrogen-bond donors (Lipinski definition) is 2. The molecule has 0 aliphatic carbocycles. The highest BCUT2D eigenvalue weighted by Gasteiger charge is 2.09. The second kappa shape index (κ2) is 4.86. The molecule has 2 rings (SSSR count). The molecule has 2 N–H and O–H groups in total. The van der Waals surface area contributed by atoms with Gasteiger partial charge in [-0.2, -0.15) is 0 Å². The summed E-state index contributed by atoms with van der Waals surface area (Å²) in [6, 6.07) is 7.52. The first kappa shape index (κ1) is 11.4. The van der Waals surface area contributed by atoms with Gasteiger partial charge in [0.1, 0.15) is 5.84 Å². The minimum absolute atomic E-state index is 0.136. The summed E-state index contributed by atoms with van der Waals surface area (Å²) in [7, 11) is 3.42. The average molecular weight is 232 g/mol. The molecule has 0 atom stereocenters. The third-order valence-corrected chi connectivity index (χ3v) is 2.47. The Labute approximate surface area is 101 Å². The van der Waals surface area contributed by atoms with E-state index >= 15 is 0 Å². The van der Waals surface area contributed by atoms with E-state index < -0.39 is 0 Å². The molecule has 0 aromatic heterocycles. The quantitative estimate of drug-likeness (QED) is 0.803. The molecular weight excluding hydrogens is 216 g/mol.